The van der Waals surface area contributed by atoms with Gasteiger partial charge >= 0.3 is 0 Å². The first-order chi connectivity index (χ1) is 7.38. The summed E-state index contributed by atoms with van der Waals surface area (Å²) in [7, 11) is -2.81. The molecule has 0 unspecified atom stereocenters. The number of rotatable bonds is 4. The minimum absolute atomic E-state index is 0.165. The van der Waals surface area contributed by atoms with Gasteiger partial charge in [0.2, 0.25) is 10.9 Å². The molecule has 1 aromatic rings. The predicted molar refractivity (Wildman–Crippen MR) is 70.2 cm³/mol. The average Bonchev–Trinajstić information content (AvgIpc) is 2.16. The summed E-state index contributed by atoms with van der Waals surface area (Å²) in [6, 6.07) is 9.06. The van der Waals surface area contributed by atoms with Gasteiger partial charge in [0.25, 0.3) is 3.12 Å². The van der Waals surface area contributed by atoms with Crippen molar-refractivity contribution in [1.29, 1.82) is 0 Å². The van der Waals surface area contributed by atoms with E-state index in [9.17, 15) is 8.42 Å². The van der Waals surface area contributed by atoms with Crippen molar-refractivity contribution in [2.75, 3.05) is 0 Å². The summed E-state index contributed by atoms with van der Waals surface area (Å²) in [6.07, 6.45) is 0. The van der Waals surface area contributed by atoms with Crippen molar-refractivity contribution in [1.82, 2.24) is 3.71 Å². The van der Waals surface area contributed by atoms with Gasteiger partial charge in [-0.1, -0.05) is 65.1 Å². The Hall–Kier alpha value is 0.350. The lowest BCUT2D eigenvalue weighted by Gasteiger charge is -2.18. The van der Waals surface area contributed by atoms with Gasteiger partial charge in [0.05, 0.1) is 0 Å². The topological polar surface area (TPSA) is 37.4 Å². The van der Waals surface area contributed by atoms with Gasteiger partial charge in [0, 0.05) is 6.54 Å². The minimum atomic E-state index is -2.81. The van der Waals surface area contributed by atoms with E-state index in [1.165, 1.54) is 0 Å². The third kappa shape index (κ3) is 5.61. The SMILES string of the molecule is O=[SH](=O)N(Cc1ccccc1)SC(Cl)(Cl)Cl. The highest BCUT2D eigenvalue weighted by Gasteiger charge is 2.26. The van der Waals surface area contributed by atoms with Crippen LogP contribution in [-0.4, -0.2) is 15.3 Å². The van der Waals surface area contributed by atoms with Crippen molar-refractivity contribution >= 4 is 57.6 Å². The monoisotopic (exact) mass is 319 g/mol. The van der Waals surface area contributed by atoms with Crippen LogP contribution in [0.1, 0.15) is 5.56 Å². The Kier molecular flexibility index (Phi) is 5.70. The van der Waals surface area contributed by atoms with Crippen LogP contribution >= 0.6 is 46.8 Å². The number of thiol groups is 1. The van der Waals surface area contributed by atoms with E-state index in [2.05, 4.69) is 0 Å². The fraction of sp³-hybridized carbons (Fsp3) is 0.250. The lowest BCUT2D eigenvalue weighted by Crippen LogP contribution is -2.17. The zero-order valence-electron chi connectivity index (χ0n) is 7.85. The van der Waals surface area contributed by atoms with Crippen LogP contribution in [0.5, 0.6) is 0 Å². The lowest BCUT2D eigenvalue weighted by molar-refractivity contribution is 0.563. The van der Waals surface area contributed by atoms with Crippen LogP contribution in [0.15, 0.2) is 30.3 Å². The molecule has 90 valence electrons. The summed E-state index contributed by atoms with van der Waals surface area (Å²) >= 11 is 17.2. The fourth-order valence-electron chi connectivity index (χ4n) is 0.982. The van der Waals surface area contributed by atoms with Crippen molar-refractivity contribution in [3.63, 3.8) is 0 Å². The molecule has 16 heavy (non-hydrogen) atoms. The Bertz CT molecular complexity index is 397. The first-order valence-corrected chi connectivity index (χ1v) is 7.14. The number of benzene rings is 1. The second-order valence-corrected chi connectivity index (χ2v) is 8.19. The quantitative estimate of drug-likeness (QED) is 0.526. The van der Waals surface area contributed by atoms with Crippen molar-refractivity contribution in [3.05, 3.63) is 35.9 Å². The molecular formula is C8H8Cl3NO2S2. The van der Waals surface area contributed by atoms with Crippen LogP contribution < -0.4 is 0 Å². The molecule has 0 saturated heterocycles. The Morgan fingerprint density at radius 1 is 1.19 bits per heavy atom. The average molecular weight is 321 g/mol. The van der Waals surface area contributed by atoms with Crippen LogP contribution in [-0.2, 0) is 17.4 Å². The van der Waals surface area contributed by atoms with E-state index in [0.29, 0.717) is 11.9 Å². The van der Waals surface area contributed by atoms with E-state index in [1.54, 1.807) is 12.1 Å². The van der Waals surface area contributed by atoms with Gasteiger partial charge in [0.15, 0.2) is 0 Å². The molecule has 8 heteroatoms. The van der Waals surface area contributed by atoms with E-state index in [4.69, 9.17) is 34.8 Å². The van der Waals surface area contributed by atoms with Crippen LogP contribution in [0.3, 0.4) is 0 Å². The summed E-state index contributed by atoms with van der Waals surface area (Å²) in [5.74, 6) is 0. The van der Waals surface area contributed by atoms with Crippen molar-refractivity contribution < 1.29 is 8.42 Å². The largest absolute Gasteiger partial charge is 0.252 e. The first-order valence-electron chi connectivity index (χ1n) is 4.10. The third-order valence-corrected chi connectivity index (χ3v) is 3.87. The number of hydrogen-bond donors (Lipinski definition) is 1. The van der Waals surface area contributed by atoms with Crippen LogP contribution in [0.25, 0.3) is 0 Å². The predicted octanol–water partition coefficient (Wildman–Crippen LogP) is 2.99. The molecular weight excluding hydrogens is 313 g/mol. The molecule has 0 aliphatic rings. The molecule has 0 bridgehead atoms. The van der Waals surface area contributed by atoms with E-state index >= 15 is 0 Å². The van der Waals surface area contributed by atoms with Crippen LogP contribution in [0.4, 0.5) is 0 Å². The van der Waals surface area contributed by atoms with Crippen LogP contribution in [0, 0.1) is 0 Å². The molecule has 0 atom stereocenters. The molecule has 0 heterocycles. The van der Waals surface area contributed by atoms with Gasteiger partial charge in [-0.2, -0.15) is 0 Å². The first kappa shape index (κ1) is 14.4. The molecule has 0 saturated carbocycles. The number of alkyl halides is 3. The highest BCUT2D eigenvalue weighted by atomic mass is 35.6. The van der Waals surface area contributed by atoms with E-state index in [-0.39, 0.29) is 6.54 Å². The normalized spacial score (nSPS) is 12.3. The standard InChI is InChI=1S/C8H8Cl3NO2S2/c9-8(10,11)15-12(16(13)14)6-7-4-2-1-3-5-7/h1-5,16H,6H2. The second kappa shape index (κ2) is 6.33. The maximum Gasteiger partial charge on any atom is 0.252 e. The summed E-state index contributed by atoms with van der Waals surface area (Å²) in [5.41, 5.74) is 0.823. The van der Waals surface area contributed by atoms with E-state index in [1.807, 2.05) is 18.2 Å². The number of halogens is 3. The summed E-state index contributed by atoms with van der Waals surface area (Å²) in [4.78, 5) is 0. The van der Waals surface area contributed by atoms with E-state index < -0.39 is 14.0 Å². The van der Waals surface area contributed by atoms with Gasteiger partial charge in [-0.25, -0.2) is 8.42 Å². The van der Waals surface area contributed by atoms with E-state index in [0.717, 1.165) is 9.27 Å². The maximum atomic E-state index is 10.9. The Balaban J connectivity index is 2.74. The molecule has 0 aromatic heterocycles. The third-order valence-electron chi connectivity index (χ3n) is 1.55. The van der Waals surface area contributed by atoms with Gasteiger partial charge in [-0.3, -0.25) is 0 Å². The zero-order valence-corrected chi connectivity index (χ0v) is 11.8. The second-order valence-electron chi connectivity index (χ2n) is 2.77. The van der Waals surface area contributed by atoms with Crippen LogP contribution in [0.2, 0.25) is 0 Å². The molecule has 0 aliphatic heterocycles. The molecule has 0 spiro atoms. The summed E-state index contributed by atoms with van der Waals surface area (Å²) in [6.45, 7) is 0.165. The molecule has 0 N–H and O–H groups in total. The molecule has 1 aromatic carbocycles. The Morgan fingerprint density at radius 2 is 1.75 bits per heavy atom. The van der Waals surface area contributed by atoms with Gasteiger partial charge < -0.3 is 0 Å². The summed E-state index contributed by atoms with van der Waals surface area (Å²) in [5, 5.41) is 0. The molecule has 0 radical (unpaired) electrons. The van der Waals surface area contributed by atoms with Crippen molar-refractivity contribution in [2.45, 2.75) is 9.67 Å². The highest BCUT2D eigenvalue weighted by Crippen LogP contribution is 2.41. The Labute approximate surface area is 115 Å². The zero-order chi connectivity index (χ0) is 12.2. The number of hydrogen-bond acceptors (Lipinski definition) is 3. The molecule has 0 aliphatic carbocycles. The molecule has 0 amide bonds. The summed E-state index contributed by atoms with van der Waals surface area (Å²) < 4.78 is 21.2. The van der Waals surface area contributed by atoms with Gasteiger partial charge in [-0.05, 0) is 17.5 Å². The lowest BCUT2D eigenvalue weighted by atomic mass is 10.2. The Morgan fingerprint density at radius 3 is 2.19 bits per heavy atom. The maximum absolute atomic E-state index is 10.9. The smallest absolute Gasteiger partial charge is 0.214 e. The van der Waals surface area contributed by atoms with Crippen molar-refractivity contribution in [3.8, 4) is 0 Å². The molecule has 3 nitrogen and oxygen atoms in total. The molecule has 0 fully saturated rings. The van der Waals surface area contributed by atoms with Crippen molar-refractivity contribution in [2.24, 2.45) is 0 Å². The van der Waals surface area contributed by atoms with Gasteiger partial charge in [0.1, 0.15) is 0 Å². The fourth-order valence-corrected chi connectivity index (χ4v) is 3.53. The highest BCUT2D eigenvalue weighted by molar-refractivity contribution is 8.08. The molecule has 1 rings (SSSR count). The van der Waals surface area contributed by atoms with Gasteiger partial charge in [-0.15, -0.1) is 3.71 Å². The number of nitrogens with zero attached hydrogens (tertiary/aromatic N) is 1. The minimum Gasteiger partial charge on any atom is -0.214 e.